The number of aliphatic hydroxyl groups is 1. The van der Waals surface area contributed by atoms with E-state index < -0.39 is 0 Å². The first-order valence-electron chi connectivity index (χ1n) is 6.38. The lowest BCUT2D eigenvalue weighted by atomic mass is 10.2. The molecule has 0 saturated carbocycles. The molecule has 1 saturated heterocycles. The lowest BCUT2D eigenvalue weighted by molar-refractivity contribution is 0.123. The number of likely N-dealkylation sites (tertiary alicyclic amines) is 1. The third kappa shape index (κ3) is 4.07. The molecule has 1 aliphatic rings. The van der Waals surface area contributed by atoms with Crippen molar-refractivity contribution in [1.29, 1.82) is 0 Å². The number of thiophene rings is 1. The van der Waals surface area contributed by atoms with E-state index in [1.807, 2.05) is 0 Å². The van der Waals surface area contributed by atoms with Crippen LogP contribution in [-0.4, -0.2) is 42.3 Å². The molecule has 1 aromatic heterocycles. The van der Waals surface area contributed by atoms with E-state index in [-0.39, 0.29) is 6.10 Å². The van der Waals surface area contributed by atoms with E-state index in [2.05, 4.69) is 27.9 Å². The molecular weight excluding hydrogens is 232 g/mol. The van der Waals surface area contributed by atoms with Crippen LogP contribution in [0.15, 0.2) is 10.8 Å². The molecule has 17 heavy (non-hydrogen) atoms. The quantitative estimate of drug-likeness (QED) is 0.809. The van der Waals surface area contributed by atoms with Gasteiger partial charge in [-0.2, -0.15) is 11.3 Å². The number of hydrogen-bond donors (Lipinski definition) is 2. The molecule has 1 atom stereocenters. The van der Waals surface area contributed by atoms with Crippen molar-refractivity contribution in [3.63, 3.8) is 0 Å². The third-order valence-corrected chi connectivity index (χ3v) is 4.23. The first-order chi connectivity index (χ1) is 8.25. The van der Waals surface area contributed by atoms with Crippen molar-refractivity contribution >= 4 is 11.3 Å². The molecular formula is C13H22N2OS. The Kier molecular flexibility index (Phi) is 4.98. The maximum Gasteiger partial charge on any atom is 0.0791 e. The van der Waals surface area contributed by atoms with E-state index >= 15 is 0 Å². The van der Waals surface area contributed by atoms with Gasteiger partial charge in [-0.05, 0) is 54.7 Å². The van der Waals surface area contributed by atoms with Crippen LogP contribution in [0.2, 0.25) is 0 Å². The van der Waals surface area contributed by atoms with Crippen LogP contribution in [-0.2, 0) is 6.54 Å². The van der Waals surface area contributed by atoms with Gasteiger partial charge >= 0.3 is 0 Å². The van der Waals surface area contributed by atoms with E-state index in [1.54, 1.807) is 11.3 Å². The predicted molar refractivity (Wildman–Crippen MR) is 72.4 cm³/mol. The summed E-state index contributed by atoms with van der Waals surface area (Å²) < 4.78 is 0. The summed E-state index contributed by atoms with van der Waals surface area (Å²) in [7, 11) is 0. The van der Waals surface area contributed by atoms with Gasteiger partial charge in [0.2, 0.25) is 0 Å². The van der Waals surface area contributed by atoms with Crippen LogP contribution in [0.5, 0.6) is 0 Å². The lowest BCUT2D eigenvalue weighted by Crippen LogP contribution is -2.36. The number of rotatable bonds is 6. The lowest BCUT2D eigenvalue weighted by Gasteiger charge is -2.19. The number of aliphatic hydroxyl groups excluding tert-OH is 1. The zero-order chi connectivity index (χ0) is 12.1. The minimum atomic E-state index is -0.243. The summed E-state index contributed by atoms with van der Waals surface area (Å²) in [6, 6.07) is 0. The van der Waals surface area contributed by atoms with E-state index in [1.165, 1.54) is 24.0 Å². The van der Waals surface area contributed by atoms with Crippen molar-refractivity contribution in [2.24, 2.45) is 0 Å². The zero-order valence-electron chi connectivity index (χ0n) is 10.5. The number of β-amino-alcohol motifs (C(OH)–C–C–N with tert-alkyl or cyclic N) is 1. The maximum absolute atomic E-state index is 9.91. The SMILES string of the molecule is Cc1cscc1CNCC(O)CN1CCCC1. The molecule has 3 nitrogen and oxygen atoms in total. The number of nitrogens with zero attached hydrogens (tertiary/aromatic N) is 1. The molecule has 2 heterocycles. The minimum Gasteiger partial charge on any atom is -0.390 e. The summed E-state index contributed by atoms with van der Waals surface area (Å²) in [6.45, 7) is 6.81. The monoisotopic (exact) mass is 254 g/mol. The molecule has 0 amide bonds. The van der Waals surface area contributed by atoms with Gasteiger partial charge < -0.3 is 15.3 Å². The second-order valence-electron chi connectivity index (χ2n) is 4.87. The van der Waals surface area contributed by atoms with Gasteiger partial charge in [0, 0.05) is 19.6 Å². The van der Waals surface area contributed by atoms with Gasteiger partial charge in [0.15, 0.2) is 0 Å². The molecule has 0 aliphatic carbocycles. The standard InChI is InChI=1S/C13H22N2OS/c1-11-9-17-10-12(11)6-14-7-13(16)8-15-4-2-3-5-15/h9-10,13-14,16H,2-8H2,1H3. The van der Waals surface area contributed by atoms with Crippen molar-refractivity contribution in [1.82, 2.24) is 10.2 Å². The molecule has 0 radical (unpaired) electrons. The van der Waals surface area contributed by atoms with Gasteiger partial charge in [-0.3, -0.25) is 0 Å². The molecule has 4 heteroatoms. The Bertz CT molecular complexity index is 334. The summed E-state index contributed by atoms with van der Waals surface area (Å²) in [5, 5.41) is 17.6. The zero-order valence-corrected chi connectivity index (χ0v) is 11.3. The fourth-order valence-electron chi connectivity index (χ4n) is 2.27. The Morgan fingerprint density at radius 3 is 2.82 bits per heavy atom. The highest BCUT2D eigenvalue weighted by molar-refractivity contribution is 7.08. The van der Waals surface area contributed by atoms with Gasteiger partial charge in [0.05, 0.1) is 6.10 Å². The van der Waals surface area contributed by atoms with Crippen molar-refractivity contribution in [2.45, 2.75) is 32.4 Å². The average molecular weight is 254 g/mol. The fraction of sp³-hybridized carbons (Fsp3) is 0.692. The van der Waals surface area contributed by atoms with E-state index in [4.69, 9.17) is 0 Å². The van der Waals surface area contributed by atoms with Crippen LogP contribution < -0.4 is 5.32 Å². The molecule has 2 rings (SSSR count). The second kappa shape index (κ2) is 6.50. The van der Waals surface area contributed by atoms with E-state index in [0.29, 0.717) is 6.54 Å². The summed E-state index contributed by atoms with van der Waals surface area (Å²) in [4.78, 5) is 2.35. The van der Waals surface area contributed by atoms with Crippen molar-refractivity contribution in [2.75, 3.05) is 26.2 Å². The van der Waals surface area contributed by atoms with Crippen LogP contribution in [0.3, 0.4) is 0 Å². The molecule has 1 fully saturated rings. The number of nitrogens with one attached hydrogen (secondary N) is 1. The van der Waals surface area contributed by atoms with Gasteiger partial charge in [-0.1, -0.05) is 0 Å². The maximum atomic E-state index is 9.91. The van der Waals surface area contributed by atoms with Crippen molar-refractivity contribution in [3.8, 4) is 0 Å². The predicted octanol–water partition coefficient (Wildman–Crippen LogP) is 1.60. The van der Waals surface area contributed by atoms with Gasteiger partial charge in [0.25, 0.3) is 0 Å². The Morgan fingerprint density at radius 2 is 2.18 bits per heavy atom. The number of hydrogen-bond acceptors (Lipinski definition) is 4. The molecule has 1 aromatic rings. The first kappa shape index (κ1) is 13.0. The fourth-order valence-corrected chi connectivity index (χ4v) is 3.13. The molecule has 1 unspecified atom stereocenters. The average Bonchev–Trinajstić information content (AvgIpc) is 2.91. The molecule has 96 valence electrons. The number of aryl methyl sites for hydroxylation is 1. The second-order valence-corrected chi connectivity index (χ2v) is 5.62. The van der Waals surface area contributed by atoms with Crippen LogP contribution in [0.25, 0.3) is 0 Å². The molecule has 0 spiro atoms. The van der Waals surface area contributed by atoms with Gasteiger partial charge in [0.1, 0.15) is 0 Å². The summed E-state index contributed by atoms with van der Waals surface area (Å²) in [5.74, 6) is 0. The van der Waals surface area contributed by atoms with Gasteiger partial charge in [-0.25, -0.2) is 0 Å². The smallest absolute Gasteiger partial charge is 0.0791 e. The van der Waals surface area contributed by atoms with Crippen LogP contribution in [0.1, 0.15) is 24.0 Å². The molecule has 0 bridgehead atoms. The van der Waals surface area contributed by atoms with E-state index in [9.17, 15) is 5.11 Å². The third-order valence-electron chi connectivity index (χ3n) is 3.32. The Morgan fingerprint density at radius 1 is 1.41 bits per heavy atom. The minimum absolute atomic E-state index is 0.243. The van der Waals surface area contributed by atoms with Crippen molar-refractivity contribution < 1.29 is 5.11 Å². The highest BCUT2D eigenvalue weighted by atomic mass is 32.1. The molecule has 0 aromatic carbocycles. The molecule has 1 aliphatic heterocycles. The normalized spacial score (nSPS) is 18.7. The highest BCUT2D eigenvalue weighted by Crippen LogP contribution is 2.13. The highest BCUT2D eigenvalue weighted by Gasteiger charge is 2.15. The first-order valence-corrected chi connectivity index (χ1v) is 7.33. The van der Waals surface area contributed by atoms with Crippen LogP contribution in [0.4, 0.5) is 0 Å². The van der Waals surface area contributed by atoms with Crippen LogP contribution in [0, 0.1) is 6.92 Å². The van der Waals surface area contributed by atoms with Gasteiger partial charge in [-0.15, -0.1) is 0 Å². The largest absolute Gasteiger partial charge is 0.390 e. The summed E-state index contributed by atoms with van der Waals surface area (Å²) in [5.41, 5.74) is 2.69. The topological polar surface area (TPSA) is 35.5 Å². The van der Waals surface area contributed by atoms with E-state index in [0.717, 1.165) is 26.2 Å². The summed E-state index contributed by atoms with van der Waals surface area (Å²) >= 11 is 1.74. The van der Waals surface area contributed by atoms with Crippen LogP contribution >= 0.6 is 11.3 Å². The van der Waals surface area contributed by atoms with Crippen molar-refractivity contribution in [3.05, 3.63) is 21.9 Å². The Labute approximate surface area is 107 Å². The summed E-state index contributed by atoms with van der Waals surface area (Å²) in [6.07, 6.45) is 2.33. The molecule has 2 N–H and O–H groups in total. The Balaban J connectivity index is 1.62. The Hall–Kier alpha value is -0.420.